The Kier molecular flexibility index (Phi) is 8.00. The Morgan fingerprint density at radius 3 is 2.43 bits per heavy atom. The molecule has 1 aliphatic rings. The SMILES string of the molecule is Cc1ccc(F)c(-c2ccc(COc3cc([C@@H](CP(C)(C)=O)C4CC4)ccn3)cc2C(C)C(C)(C)C)c1. The van der Waals surface area contributed by atoms with Crippen molar-refractivity contribution in [2.45, 2.75) is 65.9 Å². The molecule has 1 saturated carbocycles. The van der Waals surface area contributed by atoms with Crippen molar-refractivity contribution in [3.05, 3.63) is 82.8 Å². The summed E-state index contributed by atoms with van der Waals surface area (Å²) in [5.41, 5.74) is 5.95. The van der Waals surface area contributed by atoms with E-state index in [1.54, 1.807) is 12.3 Å². The third-order valence-corrected chi connectivity index (χ3v) is 8.97. The molecule has 0 radical (unpaired) electrons. The number of aromatic nitrogens is 1. The standard InChI is InChI=1S/C32H41FNO2P/c1-21-8-13-30(33)28(16-21)26-12-9-23(17-27(26)22(2)32(3,4)5)19-36-31-18-25(14-15-34-31)29(24-10-11-24)20-37(6,7)35/h8-9,12-18,22,24,29H,10-11,19-20H2,1-7H3/t22?,29-/m0/s1. The van der Waals surface area contributed by atoms with E-state index in [2.05, 4.69) is 38.7 Å². The summed E-state index contributed by atoms with van der Waals surface area (Å²) in [7, 11) is -2.13. The van der Waals surface area contributed by atoms with Gasteiger partial charge >= 0.3 is 0 Å². The Labute approximate surface area is 222 Å². The highest BCUT2D eigenvalue weighted by Gasteiger charge is 2.35. The van der Waals surface area contributed by atoms with E-state index in [0.717, 1.165) is 28.4 Å². The van der Waals surface area contributed by atoms with Crippen LogP contribution in [-0.2, 0) is 11.2 Å². The summed E-state index contributed by atoms with van der Waals surface area (Å²) in [6.45, 7) is 15.0. The van der Waals surface area contributed by atoms with Gasteiger partial charge in [-0.1, -0.05) is 57.5 Å². The average Bonchev–Trinajstić information content (AvgIpc) is 3.67. The molecule has 37 heavy (non-hydrogen) atoms. The lowest BCUT2D eigenvalue weighted by atomic mass is 9.75. The van der Waals surface area contributed by atoms with Crippen molar-refractivity contribution < 1.29 is 13.7 Å². The van der Waals surface area contributed by atoms with Crippen LogP contribution < -0.4 is 4.74 Å². The number of ether oxygens (including phenoxy) is 1. The molecule has 0 saturated heterocycles. The van der Waals surface area contributed by atoms with Gasteiger partial charge in [-0.15, -0.1) is 0 Å². The Morgan fingerprint density at radius 1 is 1.05 bits per heavy atom. The van der Waals surface area contributed by atoms with E-state index in [0.29, 0.717) is 29.9 Å². The lowest BCUT2D eigenvalue weighted by Gasteiger charge is -2.30. The molecule has 0 bridgehead atoms. The van der Waals surface area contributed by atoms with Gasteiger partial charge in [0.1, 0.15) is 12.4 Å². The van der Waals surface area contributed by atoms with Gasteiger partial charge in [0.2, 0.25) is 5.88 Å². The van der Waals surface area contributed by atoms with Crippen molar-refractivity contribution in [2.75, 3.05) is 19.5 Å². The Morgan fingerprint density at radius 2 is 1.78 bits per heavy atom. The molecule has 2 atom stereocenters. The number of hydrogen-bond acceptors (Lipinski definition) is 3. The first-order chi connectivity index (χ1) is 17.3. The fraction of sp³-hybridized carbons (Fsp3) is 0.469. The molecule has 1 unspecified atom stereocenters. The molecule has 198 valence electrons. The van der Waals surface area contributed by atoms with Crippen molar-refractivity contribution in [2.24, 2.45) is 11.3 Å². The number of hydrogen-bond donors (Lipinski definition) is 0. The smallest absolute Gasteiger partial charge is 0.213 e. The van der Waals surface area contributed by atoms with E-state index < -0.39 is 7.14 Å². The minimum Gasteiger partial charge on any atom is -0.473 e. The highest BCUT2D eigenvalue weighted by atomic mass is 31.2. The van der Waals surface area contributed by atoms with Crippen molar-refractivity contribution in [1.29, 1.82) is 0 Å². The number of benzene rings is 2. The second kappa shape index (κ2) is 10.7. The fourth-order valence-electron chi connectivity index (χ4n) is 5.01. The van der Waals surface area contributed by atoms with E-state index in [1.807, 2.05) is 56.7 Å². The number of halogens is 1. The Hall–Kier alpha value is -2.45. The van der Waals surface area contributed by atoms with Crippen molar-refractivity contribution in [3.63, 3.8) is 0 Å². The van der Waals surface area contributed by atoms with E-state index in [9.17, 15) is 8.96 Å². The highest BCUT2D eigenvalue weighted by molar-refractivity contribution is 7.62. The molecule has 2 aromatic carbocycles. The predicted octanol–water partition coefficient (Wildman–Crippen LogP) is 9.04. The number of rotatable bonds is 9. The molecule has 1 aliphatic carbocycles. The maximum atomic E-state index is 14.9. The van der Waals surface area contributed by atoms with Gasteiger partial charge in [-0.25, -0.2) is 9.37 Å². The number of pyridine rings is 1. The van der Waals surface area contributed by atoms with Crippen molar-refractivity contribution >= 4 is 7.14 Å². The summed E-state index contributed by atoms with van der Waals surface area (Å²) in [6, 6.07) is 15.6. The van der Waals surface area contributed by atoms with Gasteiger partial charge in [0, 0.05) is 24.0 Å². The quantitative estimate of drug-likeness (QED) is 0.264. The van der Waals surface area contributed by atoms with E-state index in [-0.39, 0.29) is 17.2 Å². The zero-order valence-electron chi connectivity index (χ0n) is 23.3. The van der Waals surface area contributed by atoms with Crippen LogP contribution in [0.15, 0.2) is 54.7 Å². The molecule has 4 rings (SSSR count). The van der Waals surface area contributed by atoms with Gasteiger partial charge in [-0.2, -0.15) is 0 Å². The maximum Gasteiger partial charge on any atom is 0.213 e. The molecular weight excluding hydrogens is 480 g/mol. The molecule has 0 aliphatic heterocycles. The molecule has 0 N–H and O–H groups in total. The summed E-state index contributed by atoms with van der Waals surface area (Å²) in [5, 5.41) is 0. The molecule has 1 aromatic heterocycles. The molecule has 0 spiro atoms. The van der Waals surface area contributed by atoms with Crippen molar-refractivity contribution in [1.82, 2.24) is 4.98 Å². The summed E-state index contributed by atoms with van der Waals surface area (Å²) < 4.78 is 33.6. The van der Waals surface area contributed by atoms with E-state index >= 15 is 0 Å². The van der Waals surface area contributed by atoms with E-state index in [4.69, 9.17) is 4.74 Å². The maximum absolute atomic E-state index is 14.9. The summed E-state index contributed by atoms with van der Waals surface area (Å²) in [5.74, 6) is 1.51. The van der Waals surface area contributed by atoms with E-state index in [1.165, 1.54) is 18.4 Å². The molecule has 3 nitrogen and oxygen atoms in total. The highest BCUT2D eigenvalue weighted by Crippen LogP contribution is 2.51. The summed E-state index contributed by atoms with van der Waals surface area (Å²) in [6.07, 6.45) is 4.93. The molecule has 1 heterocycles. The van der Waals surface area contributed by atoms with Crippen molar-refractivity contribution in [3.8, 4) is 17.0 Å². The first-order valence-electron chi connectivity index (χ1n) is 13.3. The monoisotopic (exact) mass is 521 g/mol. The molecular formula is C32H41FNO2P. The molecule has 0 amide bonds. The van der Waals surface area contributed by atoms with Crippen LogP contribution in [0.4, 0.5) is 4.39 Å². The Balaban J connectivity index is 1.60. The predicted molar refractivity (Wildman–Crippen MR) is 153 cm³/mol. The summed E-state index contributed by atoms with van der Waals surface area (Å²) in [4.78, 5) is 4.46. The minimum absolute atomic E-state index is 0.0141. The summed E-state index contributed by atoms with van der Waals surface area (Å²) >= 11 is 0. The first-order valence-corrected chi connectivity index (χ1v) is 16.1. The van der Waals surface area contributed by atoms with Gasteiger partial charge in [0.25, 0.3) is 0 Å². The normalized spacial score (nSPS) is 15.9. The first kappa shape index (κ1) is 27.6. The largest absolute Gasteiger partial charge is 0.473 e. The average molecular weight is 522 g/mol. The van der Waals surface area contributed by atoms with Gasteiger partial charge < -0.3 is 9.30 Å². The van der Waals surface area contributed by atoms with Crippen LogP contribution >= 0.6 is 7.14 Å². The Bertz CT molecular complexity index is 1300. The fourth-order valence-corrected chi connectivity index (χ4v) is 6.46. The van der Waals surface area contributed by atoms with Gasteiger partial charge in [0.15, 0.2) is 0 Å². The lowest BCUT2D eigenvalue weighted by Crippen LogP contribution is -2.16. The van der Waals surface area contributed by atoms with Crippen LogP contribution in [0.3, 0.4) is 0 Å². The second-order valence-corrected chi connectivity index (χ2v) is 15.9. The second-order valence-electron chi connectivity index (χ2n) is 12.4. The van der Waals surface area contributed by atoms with Crippen LogP contribution in [0, 0.1) is 24.1 Å². The zero-order chi connectivity index (χ0) is 27.0. The molecule has 3 aromatic rings. The van der Waals surface area contributed by atoms with Gasteiger partial charge in [0.05, 0.1) is 7.14 Å². The lowest BCUT2D eigenvalue weighted by molar-refractivity contribution is 0.292. The number of nitrogens with zero attached hydrogens (tertiary/aromatic N) is 1. The van der Waals surface area contributed by atoms with Crippen LogP contribution in [0.1, 0.15) is 74.6 Å². The van der Waals surface area contributed by atoms with Gasteiger partial charge in [-0.3, -0.25) is 0 Å². The molecule has 1 fully saturated rings. The number of aryl methyl sites for hydroxylation is 1. The topological polar surface area (TPSA) is 39.2 Å². The van der Waals surface area contributed by atoms with Crippen LogP contribution in [0.2, 0.25) is 0 Å². The van der Waals surface area contributed by atoms with Crippen LogP contribution in [0.25, 0.3) is 11.1 Å². The van der Waals surface area contributed by atoms with Crippen LogP contribution in [0.5, 0.6) is 5.88 Å². The zero-order valence-corrected chi connectivity index (χ0v) is 24.2. The minimum atomic E-state index is -2.13. The van der Waals surface area contributed by atoms with Gasteiger partial charge in [-0.05, 0) is 96.7 Å². The van der Waals surface area contributed by atoms with Crippen LogP contribution in [-0.4, -0.2) is 24.5 Å². The molecule has 5 heteroatoms. The third-order valence-electron chi connectivity index (χ3n) is 7.69. The third kappa shape index (κ3) is 7.11.